The van der Waals surface area contributed by atoms with Gasteiger partial charge in [-0.25, -0.2) is 0 Å². The van der Waals surface area contributed by atoms with Crippen LogP contribution >= 0.6 is 11.3 Å². The van der Waals surface area contributed by atoms with Crippen LogP contribution in [0.15, 0.2) is 217 Å². The molecule has 0 unspecified atom stereocenters. The third kappa shape index (κ3) is 5.55. The molecule has 3 heteroatoms. The molecule has 0 bridgehead atoms. The molecule has 0 aliphatic carbocycles. The first-order chi connectivity index (χ1) is 29.2. The summed E-state index contributed by atoms with van der Waals surface area (Å²) in [5.74, 6) is 0. The van der Waals surface area contributed by atoms with Crippen molar-refractivity contribution in [3.05, 3.63) is 212 Å². The van der Waals surface area contributed by atoms with Crippen LogP contribution in [0.2, 0.25) is 0 Å². The average Bonchev–Trinajstić information content (AvgIpc) is 3.88. The summed E-state index contributed by atoms with van der Waals surface area (Å²) in [6.07, 6.45) is 0. The van der Waals surface area contributed by atoms with Crippen molar-refractivity contribution in [2.45, 2.75) is 0 Å². The van der Waals surface area contributed by atoms with Crippen LogP contribution in [-0.4, -0.2) is 0 Å². The molecule has 2 aromatic heterocycles. The minimum absolute atomic E-state index is 0.923. The van der Waals surface area contributed by atoms with Gasteiger partial charge in [0.1, 0.15) is 11.2 Å². The number of fused-ring (bicyclic) bond motifs is 9. The van der Waals surface area contributed by atoms with E-state index in [0.29, 0.717) is 0 Å². The van der Waals surface area contributed by atoms with E-state index in [9.17, 15) is 0 Å². The molecule has 0 amide bonds. The highest BCUT2D eigenvalue weighted by Crippen LogP contribution is 2.46. The Kier molecular flexibility index (Phi) is 7.75. The molecule has 12 rings (SSSR count). The zero-order chi connectivity index (χ0) is 38.9. The van der Waals surface area contributed by atoms with E-state index in [-0.39, 0.29) is 0 Å². The summed E-state index contributed by atoms with van der Waals surface area (Å²) in [6, 6.07) is 76.9. The van der Waals surface area contributed by atoms with Crippen LogP contribution < -0.4 is 4.90 Å². The maximum absolute atomic E-state index is 6.59. The molecule has 276 valence electrons. The number of furan rings is 1. The van der Waals surface area contributed by atoms with Crippen molar-refractivity contribution in [2.24, 2.45) is 0 Å². The minimum atomic E-state index is 0.923. The zero-order valence-corrected chi connectivity index (χ0v) is 32.8. The number of hydrogen-bond acceptors (Lipinski definition) is 3. The lowest BCUT2D eigenvalue weighted by Crippen LogP contribution is -2.09. The monoisotopic (exact) mass is 769 g/mol. The standard InChI is InChI=1S/C56H35NOS/c1-3-14-44-36(10-1)12-7-17-46(44)38-22-28-41(29-23-38)57(42-30-24-39(25-31-42)47-18-8-13-37-11-2-4-15-45(37)47)43-32-26-40(27-33-43)48-19-9-21-52-54(48)55-53(59-52)35-34-50-49-16-5-6-20-51(49)58-56(50)55/h1-35H. The third-order valence-corrected chi connectivity index (χ3v) is 13.0. The summed E-state index contributed by atoms with van der Waals surface area (Å²) in [5.41, 5.74) is 12.4. The number of hydrogen-bond donors (Lipinski definition) is 0. The van der Waals surface area contributed by atoms with Gasteiger partial charge in [0.2, 0.25) is 0 Å². The molecule has 0 spiro atoms. The molecule has 0 aliphatic rings. The maximum atomic E-state index is 6.59. The van der Waals surface area contributed by atoms with Crippen LogP contribution in [-0.2, 0) is 0 Å². The first kappa shape index (κ1) is 33.7. The molecule has 12 aromatic rings. The summed E-state index contributed by atoms with van der Waals surface area (Å²) in [5, 5.41) is 9.76. The van der Waals surface area contributed by atoms with Crippen molar-refractivity contribution < 1.29 is 4.42 Å². The Bertz CT molecular complexity index is 3410. The van der Waals surface area contributed by atoms with E-state index in [2.05, 4.69) is 211 Å². The Balaban J connectivity index is 0.976. The molecule has 0 saturated heterocycles. The molecule has 2 nitrogen and oxygen atoms in total. The van der Waals surface area contributed by atoms with Gasteiger partial charge in [-0.3, -0.25) is 0 Å². The van der Waals surface area contributed by atoms with Gasteiger partial charge in [0, 0.05) is 48.0 Å². The SMILES string of the molecule is c1ccc2c(-c3ccc(N(c4ccc(-c5cccc6ccccc56)cc4)c4ccc(-c5cccc6sc7ccc8c9ccccc9oc8c7c56)cc4)cc3)cccc2c1. The van der Waals surface area contributed by atoms with Crippen LogP contribution in [0.5, 0.6) is 0 Å². The Morgan fingerprint density at radius 3 is 1.37 bits per heavy atom. The van der Waals surface area contributed by atoms with E-state index in [0.717, 1.165) is 39.0 Å². The highest BCUT2D eigenvalue weighted by molar-refractivity contribution is 7.26. The van der Waals surface area contributed by atoms with Crippen molar-refractivity contribution >= 4 is 92.1 Å². The fraction of sp³-hybridized carbons (Fsp3) is 0. The summed E-state index contributed by atoms with van der Waals surface area (Å²) < 4.78 is 9.08. The first-order valence-electron chi connectivity index (χ1n) is 20.1. The molecule has 59 heavy (non-hydrogen) atoms. The minimum Gasteiger partial charge on any atom is -0.455 e. The van der Waals surface area contributed by atoms with E-state index >= 15 is 0 Å². The lowest BCUT2D eigenvalue weighted by molar-refractivity contribution is 0.673. The lowest BCUT2D eigenvalue weighted by atomic mass is 9.97. The van der Waals surface area contributed by atoms with Gasteiger partial charge < -0.3 is 9.32 Å². The number of nitrogens with zero attached hydrogens (tertiary/aromatic N) is 1. The highest BCUT2D eigenvalue weighted by atomic mass is 32.1. The van der Waals surface area contributed by atoms with Gasteiger partial charge in [-0.05, 0) is 116 Å². The zero-order valence-electron chi connectivity index (χ0n) is 32.0. The third-order valence-electron chi connectivity index (χ3n) is 11.9. The van der Waals surface area contributed by atoms with Crippen LogP contribution in [0.25, 0.3) is 97.0 Å². The van der Waals surface area contributed by atoms with E-state index in [4.69, 9.17) is 4.42 Å². The molecule has 0 radical (unpaired) electrons. The van der Waals surface area contributed by atoms with E-state index in [1.165, 1.54) is 75.1 Å². The Morgan fingerprint density at radius 1 is 0.322 bits per heavy atom. The van der Waals surface area contributed by atoms with Crippen molar-refractivity contribution in [2.75, 3.05) is 4.90 Å². The number of para-hydroxylation sites is 1. The van der Waals surface area contributed by atoms with Crippen molar-refractivity contribution in [1.29, 1.82) is 0 Å². The average molecular weight is 770 g/mol. The van der Waals surface area contributed by atoms with Crippen LogP contribution in [0.4, 0.5) is 17.1 Å². The quantitative estimate of drug-likeness (QED) is 0.167. The topological polar surface area (TPSA) is 16.4 Å². The predicted molar refractivity (Wildman–Crippen MR) is 253 cm³/mol. The van der Waals surface area contributed by atoms with Crippen LogP contribution in [0.1, 0.15) is 0 Å². The maximum Gasteiger partial charge on any atom is 0.144 e. The molecule has 10 aromatic carbocycles. The van der Waals surface area contributed by atoms with Gasteiger partial charge in [0.25, 0.3) is 0 Å². The molecule has 0 atom stereocenters. The fourth-order valence-electron chi connectivity index (χ4n) is 9.10. The molecule has 0 fully saturated rings. The summed E-state index contributed by atoms with van der Waals surface area (Å²) in [4.78, 5) is 2.36. The summed E-state index contributed by atoms with van der Waals surface area (Å²) in [6.45, 7) is 0. The highest BCUT2D eigenvalue weighted by Gasteiger charge is 2.19. The smallest absolute Gasteiger partial charge is 0.144 e. The molecule has 0 aliphatic heterocycles. The van der Waals surface area contributed by atoms with E-state index < -0.39 is 0 Å². The van der Waals surface area contributed by atoms with E-state index in [1.54, 1.807) is 0 Å². The van der Waals surface area contributed by atoms with Crippen molar-refractivity contribution in [3.8, 4) is 33.4 Å². The van der Waals surface area contributed by atoms with Gasteiger partial charge in [-0.1, -0.05) is 152 Å². The number of benzene rings is 10. The Hall–Kier alpha value is -7.46. The Morgan fingerprint density at radius 2 is 0.780 bits per heavy atom. The number of rotatable bonds is 6. The number of anilines is 3. The second-order valence-corrected chi connectivity index (χ2v) is 16.3. The van der Waals surface area contributed by atoms with Gasteiger partial charge in [0.05, 0.1) is 0 Å². The Labute approximate surface area is 345 Å². The molecule has 0 N–H and O–H groups in total. The van der Waals surface area contributed by atoms with Crippen LogP contribution in [0, 0.1) is 0 Å². The lowest BCUT2D eigenvalue weighted by Gasteiger charge is -2.26. The van der Waals surface area contributed by atoms with E-state index in [1.807, 2.05) is 17.4 Å². The van der Waals surface area contributed by atoms with Gasteiger partial charge in [-0.15, -0.1) is 11.3 Å². The molecule has 0 saturated carbocycles. The normalized spacial score (nSPS) is 11.7. The second kappa shape index (κ2) is 13.6. The molecular weight excluding hydrogens is 735 g/mol. The molecular formula is C56H35NOS. The van der Waals surface area contributed by atoms with Crippen molar-refractivity contribution in [1.82, 2.24) is 0 Å². The van der Waals surface area contributed by atoms with Gasteiger partial charge >= 0.3 is 0 Å². The van der Waals surface area contributed by atoms with Crippen LogP contribution in [0.3, 0.4) is 0 Å². The van der Waals surface area contributed by atoms with Crippen molar-refractivity contribution in [3.63, 3.8) is 0 Å². The summed E-state index contributed by atoms with van der Waals surface area (Å²) >= 11 is 1.83. The van der Waals surface area contributed by atoms with Gasteiger partial charge in [-0.2, -0.15) is 0 Å². The fourth-order valence-corrected chi connectivity index (χ4v) is 10.2. The molecule has 2 heterocycles. The largest absolute Gasteiger partial charge is 0.455 e. The predicted octanol–water partition coefficient (Wildman–Crippen LogP) is 16.7. The number of thiophene rings is 1. The summed E-state index contributed by atoms with van der Waals surface area (Å²) in [7, 11) is 0. The van der Waals surface area contributed by atoms with Gasteiger partial charge in [0.15, 0.2) is 0 Å². The second-order valence-electron chi connectivity index (χ2n) is 15.2. The first-order valence-corrected chi connectivity index (χ1v) is 20.9.